The number of amides is 1. The fourth-order valence-electron chi connectivity index (χ4n) is 2.27. The number of nitrogens with zero attached hydrogens (tertiary/aromatic N) is 1. The Kier molecular flexibility index (Phi) is 4.39. The second kappa shape index (κ2) is 6.79. The van der Waals surface area contributed by atoms with Crippen molar-refractivity contribution in [1.82, 2.24) is 0 Å². The number of ether oxygens (including phenoxy) is 1. The molecule has 0 bridgehead atoms. The fraction of sp³-hybridized carbons (Fsp3) is 0.0500. The molecule has 0 aliphatic heterocycles. The van der Waals surface area contributed by atoms with Crippen molar-refractivity contribution in [3.05, 3.63) is 84.9 Å². The van der Waals surface area contributed by atoms with E-state index in [0.717, 1.165) is 16.8 Å². The number of hydrogen-bond acceptors (Lipinski definition) is 2. The quantitative estimate of drug-likeness (QED) is 0.682. The highest BCUT2D eigenvalue weighted by Crippen LogP contribution is 2.23. The summed E-state index contributed by atoms with van der Waals surface area (Å²) in [5.74, 6) is 0.525. The first-order chi connectivity index (χ1) is 11.2. The van der Waals surface area contributed by atoms with E-state index in [4.69, 9.17) is 4.74 Å². The van der Waals surface area contributed by atoms with Gasteiger partial charge in [0.25, 0.3) is 0 Å². The van der Waals surface area contributed by atoms with Gasteiger partial charge in [-0.3, -0.25) is 4.90 Å². The molecule has 3 rings (SSSR count). The summed E-state index contributed by atoms with van der Waals surface area (Å²) in [6.45, 7) is 0. The second-order valence-corrected chi connectivity index (χ2v) is 5.15. The average molecular weight is 303 g/mol. The molecule has 0 atom stereocenters. The first-order valence-corrected chi connectivity index (χ1v) is 7.40. The van der Waals surface area contributed by atoms with Crippen molar-refractivity contribution in [2.45, 2.75) is 0 Å². The molecule has 0 saturated heterocycles. The molecule has 0 N–H and O–H groups in total. The molecule has 0 spiro atoms. The molecule has 0 aliphatic rings. The Bertz CT molecular complexity index is 768. The highest BCUT2D eigenvalue weighted by Gasteiger charge is 2.12. The Labute approximate surface area is 135 Å². The lowest BCUT2D eigenvalue weighted by Crippen LogP contribution is -2.29. The standard InChI is InChI=1S/C20H17NO2/c1-21(18-10-6-3-7-11-18)20(22)23-19-14-12-17(13-15-19)16-8-4-2-5-9-16/h2-15H,1H3. The third-order valence-corrected chi connectivity index (χ3v) is 3.58. The van der Waals surface area contributed by atoms with Crippen LogP contribution in [0.25, 0.3) is 11.1 Å². The van der Waals surface area contributed by atoms with Crippen molar-refractivity contribution >= 4 is 11.8 Å². The number of carbonyl (C=O) groups excluding carboxylic acids is 1. The first kappa shape index (κ1) is 14.9. The minimum absolute atomic E-state index is 0.413. The summed E-state index contributed by atoms with van der Waals surface area (Å²) in [4.78, 5) is 13.6. The van der Waals surface area contributed by atoms with Crippen molar-refractivity contribution in [3.8, 4) is 16.9 Å². The van der Waals surface area contributed by atoms with Crippen LogP contribution in [0.1, 0.15) is 0 Å². The Balaban J connectivity index is 1.70. The maximum atomic E-state index is 12.2. The molecule has 3 nitrogen and oxygen atoms in total. The number of rotatable bonds is 3. The molecule has 0 unspecified atom stereocenters. The van der Waals surface area contributed by atoms with Crippen molar-refractivity contribution in [2.24, 2.45) is 0 Å². The third-order valence-electron chi connectivity index (χ3n) is 3.58. The molecular formula is C20H17NO2. The maximum Gasteiger partial charge on any atom is 0.419 e. The first-order valence-electron chi connectivity index (χ1n) is 7.40. The van der Waals surface area contributed by atoms with E-state index in [-0.39, 0.29) is 0 Å². The zero-order valence-corrected chi connectivity index (χ0v) is 12.8. The van der Waals surface area contributed by atoms with E-state index in [2.05, 4.69) is 0 Å². The molecule has 0 radical (unpaired) electrons. The minimum Gasteiger partial charge on any atom is -0.410 e. The van der Waals surface area contributed by atoms with Gasteiger partial charge in [0.05, 0.1) is 0 Å². The van der Waals surface area contributed by atoms with Crippen molar-refractivity contribution < 1.29 is 9.53 Å². The van der Waals surface area contributed by atoms with E-state index in [1.165, 1.54) is 4.90 Å². The number of anilines is 1. The monoisotopic (exact) mass is 303 g/mol. The van der Waals surface area contributed by atoms with Crippen LogP contribution in [0.2, 0.25) is 0 Å². The van der Waals surface area contributed by atoms with E-state index in [1.54, 1.807) is 19.2 Å². The predicted octanol–water partition coefficient (Wildman–Crippen LogP) is 4.99. The highest BCUT2D eigenvalue weighted by molar-refractivity contribution is 5.88. The number of carbonyl (C=O) groups is 1. The van der Waals surface area contributed by atoms with Crippen LogP contribution in [0.5, 0.6) is 5.75 Å². The van der Waals surface area contributed by atoms with Gasteiger partial charge in [0.1, 0.15) is 5.75 Å². The van der Waals surface area contributed by atoms with Crippen LogP contribution in [-0.4, -0.2) is 13.1 Å². The summed E-state index contributed by atoms with van der Waals surface area (Å²) in [6, 6.07) is 27.0. The van der Waals surface area contributed by atoms with E-state index in [1.807, 2.05) is 72.8 Å². The van der Waals surface area contributed by atoms with E-state index < -0.39 is 6.09 Å². The zero-order valence-electron chi connectivity index (χ0n) is 12.8. The Morgan fingerprint density at radius 1 is 0.739 bits per heavy atom. The summed E-state index contributed by atoms with van der Waals surface area (Å²) >= 11 is 0. The number of hydrogen-bond donors (Lipinski definition) is 0. The lowest BCUT2D eigenvalue weighted by molar-refractivity contribution is 0.209. The van der Waals surface area contributed by atoms with E-state index in [0.29, 0.717) is 5.75 Å². The Hall–Kier alpha value is -3.07. The van der Waals surface area contributed by atoms with Crippen LogP contribution < -0.4 is 9.64 Å². The fourth-order valence-corrected chi connectivity index (χ4v) is 2.27. The largest absolute Gasteiger partial charge is 0.419 e. The molecule has 23 heavy (non-hydrogen) atoms. The smallest absolute Gasteiger partial charge is 0.410 e. The number of benzene rings is 3. The van der Waals surface area contributed by atoms with Gasteiger partial charge in [0.15, 0.2) is 0 Å². The van der Waals surface area contributed by atoms with Crippen LogP contribution in [0.4, 0.5) is 10.5 Å². The predicted molar refractivity (Wildman–Crippen MR) is 92.7 cm³/mol. The Morgan fingerprint density at radius 3 is 1.87 bits per heavy atom. The van der Waals surface area contributed by atoms with Gasteiger partial charge in [-0.1, -0.05) is 60.7 Å². The minimum atomic E-state index is -0.413. The molecule has 1 amide bonds. The van der Waals surface area contributed by atoms with Gasteiger partial charge in [0, 0.05) is 12.7 Å². The van der Waals surface area contributed by atoms with Crippen molar-refractivity contribution in [3.63, 3.8) is 0 Å². The molecule has 0 saturated carbocycles. The average Bonchev–Trinajstić information content (AvgIpc) is 2.63. The van der Waals surface area contributed by atoms with Gasteiger partial charge in [-0.25, -0.2) is 4.79 Å². The summed E-state index contributed by atoms with van der Waals surface area (Å²) in [6.07, 6.45) is -0.413. The molecule has 0 aromatic heterocycles. The zero-order chi connectivity index (χ0) is 16.1. The number of para-hydroxylation sites is 1. The highest BCUT2D eigenvalue weighted by atomic mass is 16.6. The molecule has 0 heterocycles. The SMILES string of the molecule is CN(C(=O)Oc1ccc(-c2ccccc2)cc1)c1ccccc1. The van der Waals surface area contributed by atoms with Gasteiger partial charge in [-0.15, -0.1) is 0 Å². The molecule has 3 heteroatoms. The van der Waals surface area contributed by atoms with Crippen LogP contribution in [0.3, 0.4) is 0 Å². The van der Waals surface area contributed by atoms with E-state index in [9.17, 15) is 4.79 Å². The van der Waals surface area contributed by atoms with Crippen molar-refractivity contribution in [2.75, 3.05) is 11.9 Å². The lowest BCUT2D eigenvalue weighted by Gasteiger charge is -2.16. The van der Waals surface area contributed by atoms with Gasteiger partial charge in [-0.05, 0) is 35.4 Å². The molecular weight excluding hydrogens is 286 g/mol. The third kappa shape index (κ3) is 3.58. The Morgan fingerprint density at radius 2 is 1.26 bits per heavy atom. The van der Waals surface area contributed by atoms with Gasteiger partial charge >= 0.3 is 6.09 Å². The lowest BCUT2D eigenvalue weighted by atomic mass is 10.1. The second-order valence-electron chi connectivity index (χ2n) is 5.15. The topological polar surface area (TPSA) is 29.5 Å². The molecule has 3 aromatic rings. The summed E-state index contributed by atoms with van der Waals surface area (Å²) in [7, 11) is 1.69. The van der Waals surface area contributed by atoms with Crippen molar-refractivity contribution in [1.29, 1.82) is 0 Å². The van der Waals surface area contributed by atoms with Gasteiger partial charge < -0.3 is 4.74 Å². The van der Waals surface area contributed by atoms with Crippen LogP contribution in [0, 0.1) is 0 Å². The molecule has 114 valence electrons. The summed E-state index contributed by atoms with van der Waals surface area (Å²) < 4.78 is 5.41. The van der Waals surface area contributed by atoms with Crippen LogP contribution in [-0.2, 0) is 0 Å². The molecule has 0 fully saturated rings. The summed E-state index contributed by atoms with van der Waals surface area (Å²) in [5.41, 5.74) is 3.01. The maximum absolute atomic E-state index is 12.2. The molecule has 0 aliphatic carbocycles. The van der Waals surface area contributed by atoms with E-state index >= 15 is 0 Å². The normalized spacial score (nSPS) is 10.1. The van der Waals surface area contributed by atoms with Gasteiger partial charge in [0.2, 0.25) is 0 Å². The molecule has 3 aromatic carbocycles. The van der Waals surface area contributed by atoms with Crippen LogP contribution >= 0.6 is 0 Å². The van der Waals surface area contributed by atoms with Gasteiger partial charge in [-0.2, -0.15) is 0 Å². The van der Waals surface area contributed by atoms with Crippen LogP contribution in [0.15, 0.2) is 84.9 Å². The summed E-state index contributed by atoms with van der Waals surface area (Å²) in [5, 5.41) is 0.